The molecule has 134 valence electrons. The van der Waals surface area contributed by atoms with E-state index >= 15 is 0 Å². The normalized spacial score (nSPS) is 13.3. The minimum absolute atomic E-state index is 0.00867. The summed E-state index contributed by atoms with van der Waals surface area (Å²) < 4.78 is 25.5. The number of hydrogen-bond acceptors (Lipinski definition) is 6. The van der Waals surface area contributed by atoms with Crippen molar-refractivity contribution in [1.29, 1.82) is 5.41 Å². The number of sulfone groups is 1. The number of nitrogens with one attached hydrogen (secondary N) is 1. The molecule has 0 amide bonds. The summed E-state index contributed by atoms with van der Waals surface area (Å²) in [6, 6.07) is 7.94. The van der Waals surface area contributed by atoms with E-state index in [0.29, 0.717) is 17.1 Å². The molecule has 0 spiro atoms. The molecule has 0 unspecified atom stereocenters. The topological polar surface area (TPSA) is 87.7 Å². The minimum Gasteiger partial charge on any atom is -0.309 e. The predicted octanol–water partition coefficient (Wildman–Crippen LogP) is 3.82. The van der Waals surface area contributed by atoms with E-state index in [4.69, 9.17) is 10.4 Å². The number of fused-ring (bicyclic) bond motifs is 1. The Morgan fingerprint density at radius 3 is 2.62 bits per heavy atom. The molecule has 3 rings (SSSR count). The lowest BCUT2D eigenvalue weighted by atomic mass is 10.1. The van der Waals surface area contributed by atoms with Crippen molar-refractivity contribution in [2.75, 3.05) is 6.26 Å². The third kappa shape index (κ3) is 3.51. The number of hydrogen-bond donors (Lipinski definition) is 1. The largest absolute Gasteiger partial charge is 0.309 e. The number of aryl methyl sites for hydroxylation is 1. The van der Waals surface area contributed by atoms with Crippen LogP contribution in [-0.4, -0.2) is 35.3 Å². The lowest BCUT2D eigenvalue weighted by molar-refractivity contribution is 0.612. The fourth-order valence-corrected chi connectivity index (χ4v) is 3.42. The average molecular weight is 387 g/mol. The standard InChI is InChI=1S/C18H18N4O2S2/c1-12-4-6-14(7-5-12)16-17(22-10-11-25-18(22)21-16)15(8-9-19)20-13(2)26(3,23)24/h4-11,19H,1-3H3/b15-8-,19-9?,20-13?. The Morgan fingerprint density at radius 1 is 1.31 bits per heavy atom. The Labute approximate surface area is 156 Å². The van der Waals surface area contributed by atoms with Gasteiger partial charge in [0.05, 0.1) is 11.4 Å². The fraction of sp³-hybridized carbons (Fsp3) is 0.167. The first-order chi connectivity index (χ1) is 12.3. The van der Waals surface area contributed by atoms with Crippen molar-refractivity contribution in [2.24, 2.45) is 4.99 Å². The first-order valence-corrected chi connectivity index (χ1v) is 10.6. The van der Waals surface area contributed by atoms with E-state index in [-0.39, 0.29) is 5.04 Å². The quantitative estimate of drug-likeness (QED) is 0.546. The van der Waals surface area contributed by atoms with Crippen LogP contribution < -0.4 is 0 Å². The van der Waals surface area contributed by atoms with Crippen molar-refractivity contribution in [3.05, 3.63) is 53.2 Å². The van der Waals surface area contributed by atoms with Gasteiger partial charge in [0.25, 0.3) is 0 Å². The van der Waals surface area contributed by atoms with Gasteiger partial charge in [0.15, 0.2) is 14.8 Å². The Bertz CT molecular complexity index is 1130. The fourth-order valence-electron chi connectivity index (χ4n) is 2.44. The Balaban J connectivity index is 2.29. The number of imidazole rings is 1. The number of rotatable bonds is 4. The van der Waals surface area contributed by atoms with Crippen LogP contribution >= 0.6 is 11.3 Å². The van der Waals surface area contributed by atoms with Crippen molar-refractivity contribution in [1.82, 2.24) is 9.38 Å². The summed E-state index contributed by atoms with van der Waals surface area (Å²) in [7, 11) is -3.42. The lowest BCUT2D eigenvalue weighted by Gasteiger charge is -2.07. The number of thiazole rings is 1. The van der Waals surface area contributed by atoms with Crippen LogP contribution in [0, 0.1) is 12.3 Å². The van der Waals surface area contributed by atoms with Gasteiger partial charge in [-0.2, -0.15) is 0 Å². The number of nitrogens with zero attached hydrogens (tertiary/aromatic N) is 3. The Morgan fingerprint density at radius 2 is 2.00 bits per heavy atom. The van der Waals surface area contributed by atoms with Gasteiger partial charge in [-0.3, -0.25) is 4.40 Å². The van der Waals surface area contributed by atoms with Crippen molar-refractivity contribution >= 4 is 43.1 Å². The lowest BCUT2D eigenvalue weighted by Crippen LogP contribution is -2.09. The highest BCUT2D eigenvalue weighted by molar-refractivity contribution is 8.05. The maximum absolute atomic E-state index is 11.8. The molecule has 0 aliphatic rings. The molecule has 8 heteroatoms. The van der Waals surface area contributed by atoms with Gasteiger partial charge in [-0.1, -0.05) is 29.8 Å². The van der Waals surface area contributed by atoms with E-state index in [2.05, 4.69) is 4.99 Å². The molecule has 0 atom stereocenters. The second-order valence-electron chi connectivity index (χ2n) is 5.85. The number of benzene rings is 1. The van der Waals surface area contributed by atoms with Crippen molar-refractivity contribution in [3.8, 4) is 11.3 Å². The Hall–Kier alpha value is -2.58. The third-order valence-electron chi connectivity index (χ3n) is 3.89. The van der Waals surface area contributed by atoms with E-state index in [9.17, 15) is 8.42 Å². The van der Waals surface area contributed by atoms with E-state index in [1.54, 1.807) is 0 Å². The maximum Gasteiger partial charge on any atom is 0.194 e. The summed E-state index contributed by atoms with van der Waals surface area (Å²) in [5.74, 6) is 0. The highest BCUT2D eigenvalue weighted by Crippen LogP contribution is 2.32. The second kappa shape index (κ2) is 6.97. The minimum atomic E-state index is -3.42. The number of aromatic nitrogens is 2. The van der Waals surface area contributed by atoms with Gasteiger partial charge in [0, 0.05) is 29.6 Å². The molecular formula is C18H18N4O2S2. The highest BCUT2D eigenvalue weighted by atomic mass is 32.2. The molecule has 0 saturated heterocycles. The maximum atomic E-state index is 11.8. The van der Waals surface area contributed by atoms with E-state index in [0.717, 1.165) is 28.6 Å². The van der Waals surface area contributed by atoms with Crippen LogP contribution in [0.4, 0.5) is 0 Å². The zero-order valence-electron chi connectivity index (χ0n) is 14.6. The molecule has 1 N–H and O–H groups in total. The van der Waals surface area contributed by atoms with Crippen LogP contribution in [0.1, 0.15) is 18.2 Å². The first-order valence-electron chi connectivity index (χ1n) is 7.80. The highest BCUT2D eigenvalue weighted by Gasteiger charge is 2.19. The predicted molar refractivity (Wildman–Crippen MR) is 108 cm³/mol. The molecule has 0 aliphatic heterocycles. The van der Waals surface area contributed by atoms with Crippen LogP contribution in [0.25, 0.3) is 21.9 Å². The third-order valence-corrected chi connectivity index (χ3v) is 5.81. The van der Waals surface area contributed by atoms with E-state index in [1.807, 2.05) is 47.2 Å². The zero-order valence-corrected chi connectivity index (χ0v) is 16.2. The molecule has 0 bridgehead atoms. The molecule has 0 fully saturated rings. The van der Waals surface area contributed by atoms with Gasteiger partial charge in [0.2, 0.25) is 0 Å². The second-order valence-corrected chi connectivity index (χ2v) is 8.86. The summed E-state index contributed by atoms with van der Waals surface area (Å²) in [4.78, 5) is 9.76. The van der Waals surface area contributed by atoms with Crippen LogP contribution in [0.3, 0.4) is 0 Å². The molecule has 2 aromatic heterocycles. The molecule has 26 heavy (non-hydrogen) atoms. The van der Waals surface area contributed by atoms with Gasteiger partial charge in [-0.15, -0.1) is 11.3 Å². The summed E-state index contributed by atoms with van der Waals surface area (Å²) in [5, 5.41) is 9.36. The number of aliphatic imine (C=N–C) groups is 1. The average Bonchev–Trinajstić information content (AvgIpc) is 3.15. The SMILES string of the molecule is CC(=N/C(=C\C=N)c1c(-c2ccc(C)cc2)nc2sccn12)S(C)(=O)=O. The molecule has 2 heterocycles. The monoisotopic (exact) mass is 386 g/mol. The zero-order chi connectivity index (χ0) is 18.9. The molecule has 3 aromatic rings. The van der Waals surface area contributed by atoms with Gasteiger partial charge in [0.1, 0.15) is 10.7 Å². The van der Waals surface area contributed by atoms with E-state index < -0.39 is 9.84 Å². The molecular weight excluding hydrogens is 368 g/mol. The van der Waals surface area contributed by atoms with Crippen LogP contribution in [0.5, 0.6) is 0 Å². The molecule has 0 aliphatic carbocycles. The van der Waals surface area contributed by atoms with Crippen molar-refractivity contribution in [2.45, 2.75) is 13.8 Å². The van der Waals surface area contributed by atoms with Crippen LogP contribution in [0.2, 0.25) is 0 Å². The van der Waals surface area contributed by atoms with Crippen LogP contribution in [-0.2, 0) is 9.84 Å². The van der Waals surface area contributed by atoms with E-state index in [1.165, 1.54) is 24.3 Å². The summed E-state index contributed by atoms with van der Waals surface area (Å²) in [5.41, 5.74) is 3.79. The van der Waals surface area contributed by atoms with Crippen molar-refractivity contribution in [3.63, 3.8) is 0 Å². The Kier molecular flexibility index (Phi) is 4.88. The van der Waals surface area contributed by atoms with Gasteiger partial charge in [-0.05, 0) is 19.9 Å². The van der Waals surface area contributed by atoms with Gasteiger partial charge >= 0.3 is 0 Å². The molecule has 6 nitrogen and oxygen atoms in total. The summed E-state index contributed by atoms with van der Waals surface area (Å²) >= 11 is 1.48. The summed E-state index contributed by atoms with van der Waals surface area (Å²) in [6.07, 6.45) is 5.56. The molecule has 1 aromatic carbocycles. The van der Waals surface area contributed by atoms with Crippen LogP contribution in [0.15, 0.2) is 46.9 Å². The molecule has 0 radical (unpaired) electrons. The summed E-state index contributed by atoms with van der Waals surface area (Å²) in [6.45, 7) is 3.46. The smallest absolute Gasteiger partial charge is 0.194 e. The first kappa shape index (κ1) is 18.2. The molecule has 0 saturated carbocycles. The number of allylic oxidation sites excluding steroid dienone is 1. The van der Waals surface area contributed by atoms with Crippen molar-refractivity contribution < 1.29 is 8.42 Å². The van der Waals surface area contributed by atoms with Gasteiger partial charge < -0.3 is 5.41 Å². The van der Waals surface area contributed by atoms with Gasteiger partial charge in [-0.25, -0.2) is 18.4 Å².